The zero-order valence-corrected chi connectivity index (χ0v) is 13.5. The average Bonchev–Trinajstić information content (AvgIpc) is 2.59. The SMILES string of the molecule is COc1ccc(Cl)cc1C(=O)NNC(=O)c1ccc(F)c([N+](=O)[O-])c1. The number of nitro benzene ring substituents is 1. The maximum Gasteiger partial charge on any atom is 0.305 e. The summed E-state index contributed by atoms with van der Waals surface area (Å²) >= 11 is 5.82. The quantitative estimate of drug-likeness (QED) is 0.637. The molecule has 0 bridgehead atoms. The van der Waals surface area contributed by atoms with Gasteiger partial charge < -0.3 is 4.74 Å². The fourth-order valence-corrected chi connectivity index (χ4v) is 2.08. The standard InChI is InChI=1S/C15H11ClFN3O5/c1-25-13-5-3-9(16)7-10(13)15(22)19-18-14(21)8-2-4-11(17)12(6-8)20(23)24/h2-7H,1H3,(H,18,21)(H,19,22). The first-order valence-corrected chi connectivity index (χ1v) is 7.09. The molecule has 0 aromatic heterocycles. The average molecular weight is 368 g/mol. The van der Waals surface area contributed by atoms with E-state index in [1.165, 1.54) is 25.3 Å². The molecule has 2 N–H and O–H groups in total. The minimum absolute atomic E-state index is 0.0698. The Hall–Kier alpha value is -3.20. The van der Waals surface area contributed by atoms with Crippen LogP contribution in [-0.2, 0) is 0 Å². The van der Waals surface area contributed by atoms with Gasteiger partial charge in [0.15, 0.2) is 0 Å². The van der Waals surface area contributed by atoms with E-state index in [1.807, 2.05) is 0 Å². The first kappa shape index (κ1) is 18.1. The zero-order valence-electron chi connectivity index (χ0n) is 12.7. The molecule has 2 aromatic rings. The number of nitro groups is 1. The Bertz CT molecular complexity index is 859. The number of rotatable bonds is 4. The van der Waals surface area contributed by atoms with Crippen molar-refractivity contribution in [3.63, 3.8) is 0 Å². The number of nitrogens with zero attached hydrogens (tertiary/aromatic N) is 1. The summed E-state index contributed by atoms with van der Waals surface area (Å²) in [6.45, 7) is 0. The molecule has 8 nitrogen and oxygen atoms in total. The summed E-state index contributed by atoms with van der Waals surface area (Å²) < 4.78 is 18.3. The van der Waals surface area contributed by atoms with Gasteiger partial charge in [-0.15, -0.1) is 0 Å². The number of carbonyl (C=O) groups excluding carboxylic acids is 2. The molecule has 0 spiro atoms. The molecule has 0 saturated carbocycles. The summed E-state index contributed by atoms with van der Waals surface area (Å²) in [4.78, 5) is 33.8. The fourth-order valence-electron chi connectivity index (χ4n) is 1.90. The summed E-state index contributed by atoms with van der Waals surface area (Å²) in [6.07, 6.45) is 0. The molecule has 0 aliphatic carbocycles. The van der Waals surface area contributed by atoms with Crippen molar-refractivity contribution in [3.05, 3.63) is 68.5 Å². The van der Waals surface area contributed by atoms with Crippen LogP contribution in [0.5, 0.6) is 5.75 Å². The van der Waals surface area contributed by atoms with Gasteiger partial charge in [-0.25, -0.2) is 0 Å². The van der Waals surface area contributed by atoms with Gasteiger partial charge in [-0.05, 0) is 30.3 Å². The van der Waals surface area contributed by atoms with E-state index in [-0.39, 0.29) is 21.9 Å². The van der Waals surface area contributed by atoms with Gasteiger partial charge in [0.2, 0.25) is 5.82 Å². The van der Waals surface area contributed by atoms with E-state index in [0.29, 0.717) is 0 Å². The monoisotopic (exact) mass is 367 g/mol. The molecule has 0 heterocycles. The van der Waals surface area contributed by atoms with E-state index in [9.17, 15) is 24.1 Å². The molecule has 2 amide bonds. The summed E-state index contributed by atoms with van der Waals surface area (Å²) in [5.41, 5.74) is 3.21. The Kier molecular flexibility index (Phi) is 5.50. The van der Waals surface area contributed by atoms with Crippen molar-refractivity contribution in [3.8, 4) is 5.75 Å². The summed E-state index contributed by atoms with van der Waals surface area (Å²) in [5.74, 6) is -2.43. The zero-order chi connectivity index (χ0) is 18.6. The van der Waals surface area contributed by atoms with Gasteiger partial charge in [0, 0.05) is 16.7 Å². The third-order valence-electron chi connectivity index (χ3n) is 3.10. The first-order chi connectivity index (χ1) is 11.8. The van der Waals surface area contributed by atoms with Crippen LogP contribution >= 0.6 is 11.6 Å². The molecule has 0 atom stereocenters. The molecule has 0 aliphatic heterocycles. The van der Waals surface area contributed by atoms with Gasteiger partial charge in [0.1, 0.15) is 5.75 Å². The molecule has 2 rings (SSSR count). The Morgan fingerprint density at radius 3 is 2.48 bits per heavy atom. The maximum atomic E-state index is 13.3. The van der Waals surface area contributed by atoms with Gasteiger partial charge in [-0.1, -0.05) is 11.6 Å². The smallest absolute Gasteiger partial charge is 0.305 e. The molecule has 25 heavy (non-hydrogen) atoms. The van der Waals surface area contributed by atoms with Gasteiger partial charge in [0.05, 0.1) is 17.6 Å². The topological polar surface area (TPSA) is 111 Å². The Balaban J connectivity index is 2.12. The molecule has 0 fully saturated rings. The predicted octanol–water partition coefficient (Wildman–Crippen LogP) is 2.47. The number of benzene rings is 2. The highest BCUT2D eigenvalue weighted by Gasteiger charge is 2.19. The summed E-state index contributed by atoms with van der Waals surface area (Å²) in [5, 5.41) is 11.0. The van der Waals surface area contributed by atoms with Crippen molar-refractivity contribution in [2.45, 2.75) is 0 Å². The van der Waals surface area contributed by atoms with Crippen LogP contribution < -0.4 is 15.6 Å². The van der Waals surface area contributed by atoms with Crippen LogP contribution in [0.3, 0.4) is 0 Å². The van der Waals surface area contributed by atoms with Crippen LogP contribution in [0.4, 0.5) is 10.1 Å². The lowest BCUT2D eigenvalue weighted by Gasteiger charge is -2.10. The van der Waals surface area contributed by atoms with Gasteiger partial charge in [0.25, 0.3) is 11.8 Å². The van der Waals surface area contributed by atoms with Crippen LogP contribution in [0.15, 0.2) is 36.4 Å². The lowest BCUT2D eigenvalue weighted by molar-refractivity contribution is -0.387. The Morgan fingerprint density at radius 1 is 1.16 bits per heavy atom. The van der Waals surface area contributed by atoms with E-state index in [1.54, 1.807) is 0 Å². The number of ether oxygens (including phenoxy) is 1. The highest BCUT2D eigenvalue weighted by Crippen LogP contribution is 2.22. The van der Waals surface area contributed by atoms with Gasteiger partial charge in [-0.2, -0.15) is 4.39 Å². The molecule has 130 valence electrons. The van der Waals surface area contributed by atoms with Crippen molar-refractivity contribution < 1.29 is 23.6 Å². The highest BCUT2D eigenvalue weighted by atomic mass is 35.5. The lowest BCUT2D eigenvalue weighted by Crippen LogP contribution is -2.41. The fraction of sp³-hybridized carbons (Fsp3) is 0.0667. The molecule has 0 radical (unpaired) electrons. The van der Waals surface area contributed by atoms with E-state index in [0.717, 1.165) is 18.2 Å². The van der Waals surface area contributed by atoms with E-state index < -0.39 is 28.2 Å². The molecule has 0 aliphatic rings. The second kappa shape index (κ2) is 7.58. The van der Waals surface area contributed by atoms with Gasteiger partial charge >= 0.3 is 5.69 Å². The van der Waals surface area contributed by atoms with E-state index in [2.05, 4.69) is 10.9 Å². The minimum Gasteiger partial charge on any atom is -0.496 e. The molecule has 0 unspecified atom stereocenters. The van der Waals surface area contributed by atoms with Crippen molar-refractivity contribution in [2.24, 2.45) is 0 Å². The largest absolute Gasteiger partial charge is 0.496 e. The Labute approximate surface area is 145 Å². The number of nitrogens with one attached hydrogen (secondary N) is 2. The third-order valence-corrected chi connectivity index (χ3v) is 3.34. The van der Waals surface area contributed by atoms with Crippen LogP contribution in [0.25, 0.3) is 0 Å². The molecule has 0 saturated heterocycles. The third kappa shape index (κ3) is 4.21. The number of methoxy groups -OCH3 is 1. The van der Waals surface area contributed by atoms with Gasteiger partial charge in [-0.3, -0.25) is 30.6 Å². The number of amides is 2. The van der Waals surface area contributed by atoms with Crippen LogP contribution in [0.1, 0.15) is 20.7 Å². The predicted molar refractivity (Wildman–Crippen MR) is 86.0 cm³/mol. The first-order valence-electron chi connectivity index (χ1n) is 6.71. The van der Waals surface area contributed by atoms with Crippen molar-refractivity contribution in [1.29, 1.82) is 0 Å². The minimum atomic E-state index is -1.07. The number of hydrazine groups is 1. The molecular weight excluding hydrogens is 357 g/mol. The lowest BCUT2D eigenvalue weighted by atomic mass is 10.2. The molecule has 2 aromatic carbocycles. The number of hydrogen-bond acceptors (Lipinski definition) is 5. The molecule has 10 heteroatoms. The summed E-state index contributed by atoms with van der Waals surface area (Å²) in [7, 11) is 1.36. The van der Waals surface area contributed by atoms with Crippen LogP contribution in [-0.4, -0.2) is 23.8 Å². The van der Waals surface area contributed by atoms with Crippen molar-refractivity contribution in [2.75, 3.05) is 7.11 Å². The maximum absolute atomic E-state index is 13.3. The van der Waals surface area contributed by atoms with Crippen molar-refractivity contribution >= 4 is 29.1 Å². The number of hydrogen-bond donors (Lipinski definition) is 2. The second-order valence-corrected chi connectivity index (χ2v) is 5.11. The summed E-state index contributed by atoms with van der Waals surface area (Å²) in [6, 6.07) is 6.93. The Morgan fingerprint density at radius 2 is 1.84 bits per heavy atom. The number of halogens is 2. The second-order valence-electron chi connectivity index (χ2n) is 4.68. The highest BCUT2D eigenvalue weighted by molar-refractivity contribution is 6.31. The molecular formula is C15H11ClFN3O5. The van der Waals surface area contributed by atoms with Crippen LogP contribution in [0.2, 0.25) is 5.02 Å². The van der Waals surface area contributed by atoms with E-state index in [4.69, 9.17) is 16.3 Å². The normalized spacial score (nSPS) is 10.0. The van der Waals surface area contributed by atoms with E-state index >= 15 is 0 Å². The number of carbonyl (C=O) groups is 2. The van der Waals surface area contributed by atoms with Crippen LogP contribution in [0, 0.1) is 15.9 Å². The van der Waals surface area contributed by atoms with Crippen molar-refractivity contribution in [1.82, 2.24) is 10.9 Å².